The van der Waals surface area contributed by atoms with E-state index in [2.05, 4.69) is 17.4 Å². The summed E-state index contributed by atoms with van der Waals surface area (Å²) in [5, 5.41) is 3.57. The molecule has 1 aliphatic carbocycles. The molecule has 3 nitrogen and oxygen atoms in total. The number of anilines is 1. The molecular weight excluding hydrogens is 274 g/mol. The van der Waals surface area contributed by atoms with Gasteiger partial charge in [-0.1, -0.05) is 19.3 Å². The molecule has 1 saturated carbocycles. The Kier molecular flexibility index (Phi) is 6.41. The van der Waals surface area contributed by atoms with Gasteiger partial charge in [-0.3, -0.25) is 0 Å². The van der Waals surface area contributed by atoms with E-state index < -0.39 is 0 Å². The molecule has 0 amide bonds. The molecule has 0 unspecified atom stereocenters. The van der Waals surface area contributed by atoms with Gasteiger partial charge in [-0.15, -0.1) is 0 Å². The summed E-state index contributed by atoms with van der Waals surface area (Å²) in [7, 11) is 0. The Balaban J connectivity index is 2.01. The summed E-state index contributed by atoms with van der Waals surface area (Å²) in [5.41, 5.74) is 1.12. The molecule has 0 aliphatic heterocycles. The van der Waals surface area contributed by atoms with Gasteiger partial charge in [0.2, 0.25) is 0 Å². The average Bonchev–Trinajstić information content (AvgIpc) is 2.47. The topological polar surface area (TPSA) is 30.5 Å². The van der Waals surface area contributed by atoms with Crippen LogP contribution in [0.25, 0.3) is 0 Å². The van der Waals surface area contributed by atoms with Crippen molar-refractivity contribution >= 4 is 5.69 Å². The van der Waals surface area contributed by atoms with E-state index in [0.717, 1.165) is 29.6 Å². The van der Waals surface area contributed by atoms with E-state index in [9.17, 15) is 0 Å². The fraction of sp³-hybridized carbons (Fsp3) is 0.684. The molecule has 1 fully saturated rings. The van der Waals surface area contributed by atoms with Gasteiger partial charge in [-0.25, -0.2) is 0 Å². The third-order valence-corrected chi connectivity index (χ3v) is 3.99. The number of nitrogens with one attached hydrogen (secondary N) is 1. The van der Waals surface area contributed by atoms with Gasteiger partial charge in [-0.05, 0) is 58.6 Å². The van der Waals surface area contributed by atoms with Crippen molar-refractivity contribution < 1.29 is 9.47 Å². The van der Waals surface area contributed by atoms with E-state index in [-0.39, 0.29) is 12.2 Å². The van der Waals surface area contributed by atoms with Crippen LogP contribution >= 0.6 is 0 Å². The standard InChI is InChI=1S/C19H31NO2/c1-14(2)21-18-11-10-17(12-19(18)22-15(3)4)20-13-16-8-6-5-7-9-16/h10-12,14-16,20H,5-9,13H2,1-4H3. The van der Waals surface area contributed by atoms with Gasteiger partial charge in [-0.2, -0.15) is 0 Å². The van der Waals surface area contributed by atoms with Gasteiger partial charge in [0.25, 0.3) is 0 Å². The Morgan fingerprint density at radius 3 is 2.23 bits per heavy atom. The summed E-state index contributed by atoms with van der Waals surface area (Å²) in [6.07, 6.45) is 7.18. The highest BCUT2D eigenvalue weighted by atomic mass is 16.5. The maximum Gasteiger partial charge on any atom is 0.163 e. The monoisotopic (exact) mass is 305 g/mol. The van der Waals surface area contributed by atoms with Gasteiger partial charge in [0.1, 0.15) is 0 Å². The maximum absolute atomic E-state index is 5.91. The Hall–Kier alpha value is -1.38. The quantitative estimate of drug-likeness (QED) is 0.746. The number of rotatable bonds is 7. The molecular formula is C19H31NO2. The van der Waals surface area contributed by atoms with E-state index >= 15 is 0 Å². The van der Waals surface area contributed by atoms with E-state index in [1.165, 1.54) is 32.1 Å². The van der Waals surface area contributed by atoms with Gasteiger partial charge in [0.15, 0.2) is 11.5 Å². The second-order valence-electron chi connectivity index (χ2n) is 6.88. The van der Waals surface area contributed by atoms with Crippen molar-refractivity contribution in [3.8, 4) is 11.5 Å². The predicted octanol–water partition coefficient (Wildman–Crippen LogP) is 5.25. The van der Waals surface area contributed by atoms with Crippen LogP contribution in [0.2, 0.25) is 0 Å². The molecule has 2 rings (SSSR count). The molecule has 1 aromatic carbocycles. The summed E-state index contributed by atoms with van der Waals surface area (Å²) in [6, 6.07) is 6.18. The van der Waals surface area contributed by atoms with Crippen LogP contribution in [0.15, 0.2) is 18.2 Å². The third-order valence-electron chi connectivity index (χ3n) is 3.99. The summed E-state index contributed by atoms with van der Waals surface area (Å²) in [5.74, 6) is 2.47. The molecule has 0 spiro atoms. The Bertz CT molecular complexity index is 451. The first kappa shape index (κ1) is 17.0. The van der Waals surface area contributed by atoms with E-state index in [4.69, 9.17) is 9.47 Å². The molecule has 0 heterocycles. The highest BCUT2D eigenvalue weighted by molar-refractivity contribution is 5.55. The minimum atomic E-state index is 0.142. The molecule has 0 radical (unpaired) electrons. The van der Waals surface area contributed by atoms with Crippen LogP contribution in [0.1, 0.15) is 59.8 Å². The zero-order valence-corrected chi connectivity index (χ0v) is 14.5. The van der Waals surface area contributed by atoms with Crippen molar-refractivity contribution in [2.45, 2.75) is 72.0 Å². The van der Waals surface area contributed by atoms with Crippen LogP contribution < -0.4 is 14.8 Å². The lowest BCUT2D eigenvalue weighted by Gasteiger charge is -2.23. The zero-order valence-electron chi connectivity index (χ0n) is 14.5. The van der Waals surface area contributed by atoms with E-state index in [1.807, 2.05) is 33.8 Å². The minimum absolute atomic E-state index is 0.142. The van der Waals surface area contributed by atoms with Crippen molar-refractivity contribution in [3.63, 3.8) is 0 Å². The molecule has 3 heteroatoms. The van der Waals surface area contributed by atoms with Gasteiger partial charge < -0.3 is 14.8 Å². The lowest BCUT2D eigenvalue weighted by Crippen LogP contribution is -2.17. The van der Waals surface area contributed by atoms with Crippen molar-refractivity contribution in [1.82, 2.24) is 0 Å². The first-order valence-electron chi connectivity index (χ1n) is 8.76. The smallest absolute Gasteiger partial charge is 0.163 e. The third kappa shape index (κ3) is 5.43. The first-order chi connectivity index (χ1) is 10.5. The number of hydrogen-bond donors (Lipinski definition) is 1. The molecule has 124 valence electrons. The van der Waals surface area contributed by atoms with Gasteiger partial charge >= 0.3 is 0 Å². The van der Waals surface area contributed by atoms with Crippen LogP contribution in [0, 0.1) is 5.92 Å². The zero-order chi connectivity index (χ0) is 15.9. The molecule has 1 aliphatic rings. The van der Waals surface area contributed by atoms with Crippen LogP contribution in [0.5, 0.6) is 11.5 Å². The number of hydrogen-bond acceptors (Lipinski definition) is 3. The maximum atomic E-state index is 5.91. The molecule has 0 saturated heterocycles. The second kappa shape index (κ2) is 8.30. The Morgan fingerprint density at radius 1 is 0.955 bits per heavy atom. The second-order valence-corrected chi connectivity index (χ2v) is 6.88. The highest BCUT2D eigenvalue weighted by Crippen LogP contribution is 2.32. The van der Waals surface area contributed by atoms with Gasteiger partial charge in [0.05, 0.1) is 12.2 Å². The fourth-order valence-electron chi connectivity index (χ4n) is 2.97. The van der Waals surface area contributed by atoms with Crippen molar-refractivity contribution in [2.24, 2.45) is 5.92 Å². The SMILES string of the molecule is CC(C)Oc1ccc(NCC2CCCCC2)cc1OC(C)C. The van der Waals surface area contributed by atoms with Crippen molar-refractivity contribution in [1.29, 1.82) is 0 Å². The minimum Gasteiger partial charge on any atom is -0.487 e. The normalized spacial score (nSPS) is 16.1. The summed E-state index contributed by atoms with van der Waals surface area (Å²) < 4.78 is 11.8. The number of ether oxygens (including phenoxy) is 2. The van der Waals surface area contributed by atoms with E-state index in [1.54, 1.807) is 0 Å². The summed E-state index contributed by atoms with van der Waals surface area (Å²) >= 11 is 0. The summed E-state index contributed by atoms with van der Waals surface area (Å²) in [6.45, 7) is 9.22. The van der Waals surface area contributed by atoms with E-state index in [0.29, 0.717) is 0 Å². The molecule has 0 bridgehead atoms. The van der Waals surface area contributed by atoms with Crippen LogP contribution in [-0.4, -0.2) is 18.8 Å². The molecule has 0 aromatic heterocycles. The average molecular weight is 305 g/mol. The number of benzene rings is 1. The molecule has 22 heavy (non-hydrogen) atoms. The fourth-order valence-corrected chi connectivity index (χ4v) is 2.97. The summed E-state index contributed by atoms with van der Waals surface area (Å²) in [4.78, 5) is 0. The van der Waals surface area contributed by atoms with Crippen LogP contribution in [-0.2, 0) is 0 Å². The highest BCUT2D eigenvalue weighted by Gasteiger charge is 2.14. The Labute approximate surface area is 135 Å². The first-order valence-corrected chi connectivity index (χ1v) is 8.76. The lowest BCUT2D eigenvalue weighted by molar-refractivity contribution is 0.199. The van der Waals surface area contributed by atoms with Crippen molar-refractivity contribution in [3.05, 3.63) is 18.2 Å². The lowest BCUT2D eigenvalue weighted by atomic mass is 9.89. The molecule has 1 N–H and O–H groups in total. The van der Waals surface area contributed by atoms with Crippen LogP contribution in [0.4, 0.5) is 5.69 Å². The van der Waals surface area contributed by atoms with Crippen LogP contribution in [0.3, 0.4) is 0 Å². The van der Waals surface area contributed by atoms with Gasteiger partial charge in [0, 0.05) is 18.3 Å². The van der Waals surface area contributed by atoms with Crippen molar-refractivity contribution in [2.75, 3.05) is 11.9 Å². The molecule has 0 atom stereocenters. The molecule has 1 aromatic rings. The largest absolute Gasteiger partial charge is 0.487 e. The Morgan fingerprint density at radius 2 is 1.59 bits per heavy atom. The predicted molar refractivity (Wildman–Crippen MR) is 93.0 cm³/mol.